The van der Waals surface area contributed by atoms with Crippen molar-refractivity contribution in [2.45, 2.75) is 19.8 Å². The van der Waals surface area contributed by atoms with Crippen molar-refractivity contribution in [1.29, 1.82) is 0 Å². The largest absolute Gasteiger partial charge is 0.480 e. The third-order valence-electron chi connectivity index (χ3n) is 1.36. The number of unbranched alkanes of at least 4 members (excludes halogenated alkanes) is 1. The summed E-state index contributed by atoms with van der Waals surface area (Å²) in [6, 6.07) is 0. The van der Waals surface area contributed by atoms with Crippen LogP contribution in [0, 0.1) is 0 Å². The van der Waals surface area contributed by atoms with Gasteiger partial charge in [-0.2, -0.15) is 0 Å². The van der Waals surface area contributed by atoms with Gasteiger partial charge in [-0.1, -0.05) is 13.3 Å². The molecule has 80 valence electrons. The number of nitrogens with zero attached hydrogens (tertiary/aromatic N) is 1. The number of aliphatic carboxylic acids is 1. The maximum absolute atomic E-state index is 9.24. The average molecular weight is 191 g/mol. The third-order valence-corrected chi connectivity index (χ3v) is 1.36. The van der Waals surface area contributed by atoms with Gasteiger partial charge in [0.1, 0.15) is 0 Å². The molecule has 0 saturated carbocycles. The van der Waals surface area contributed by atoms with Crippen molar-refractivity contribution < 1.29 is 14.4 Å². The summed E-state index contributed by atoms with van der Waals surface area (Å²) in [7, 11) is 6.70. The number of hydrogen-bond donors (Lipinski definition) is 2. The second-order valence-corrected chi connectivity index (χ2v) is 3.97. The van der Waals surface area contributed by atoms with E-state index in [1.54, 1.807) is 0 Å². The molecular weight excluding hydrogens is 168 g/mol. The molecule has 0 bridgehead atoms. The predicted molar refractivity (Wildman–Crippen MR) is 54.5 cm³/mol. The number of rotatable bonds is 4. The molecule has 0 heterocycles. The van der Waals surface area contributed by atoms with E-state index in [-0.39, 0.29) is 6.54 Å². The fraction of sp³-hybridized carbons (Fsp3) is 0.889. The van der Waals surface area contributed by atoms with Crippen molar-refractivity contribution in [2.75, 3.05) is 34.2 Å². The second kappa shape index (κ2) is 8.01. The van der Waals surface area contributed by atoms with Gasteiger partial charge in [0.05, 0.1) is 34.2 Å². The first-order valence-corrected chi connectivity index (χ1v) is 4.55. The Balaban J connectivity index is 0. The van der Waals surface area contributed by atoms with Gasteiger partial charge in [0.15, 0.2) is 0 Å². The van der Waals surface area contributed by atoms with Crippen LogP contribution in [0.4, 0.5) is 0 Å². The Morgan fingerprint density at radius 2 is 1.77 bits per heavy atom. The van der Waals surface area contributed by atoms with E-state index in [0.29, 0.717) is 0 Å². The Kier molecular flexibility index (Phi) is 9.17. The van der Waals surface area contributed by atoms with Crippen LogP contribution in [0.15, 0.2) is 0 Å². The normalized spacial score (nSPS) is 10.2. The molecule has 0 amide bonds. The Labute approximate surface area is 80.9 Å². The molecule has 0 aliphatic rings. The van der Waals surface area contributed by atoms with Crippen molar-refractivity contribution in [3.05, 3.63) is 0 Å². The number of carboxylic acids is 1. The Hall–Kier alpha value is -0.610. The first-order valence-electron chi connectivity index (χ1n) is 4.55. The number of hydrogen-bond acceptors (Lipinski definition) is 2. The van der Waals surface area contributed by atoms with Crippen LogP contribution in [0.1, 0.15) is 19.8 Å². The van der Waals surface area contributed by atoms with E-state index in [4.69, 9.17) is 5.11 Å². The second-order valence-electron chi connectivity index (χ2n) is 3.97. The SMILES string of the molecule is CCCC[N+](C)(C)C.NCC(=O)O. The average Bonchev–Trinajstić information content (AvgIpc) is 2.00. The van der Waals surface area contributed by atoms with E-state index in [1.165, 1.54) is 19.4 Å². The topological polar surface area (TPSA) is 63.3 Å². The zero-order valence-corrected chi connectivity index (χ0v) is 9.21. The number of nitrogens with two attached hydrogens (primary N) is 1. The van der Waals surface area contributed by atoms with Gasteiger partial charge in [0, 0.05) is 0 Å². The standard InChI is InChI=1S/C7H18N.C2H5NO2/c1-5-6-7-8(2,3)4;3-1-2(4)5/h5-7H2,1-4H3;1,3H2,(H,4,5)/q+1;. The van der Waals surface area contributed by atoms with Gasteiger partial charge < -0.3 is 15.3 Å². The van der Waals surface area contributed by atoms with Gasteiger partial charge in [0.25, 0.3) is 0 Å². The van der Waals surface area contributed by atoms with Gasteiger partial charge in [-0.3, -0.25) is 4.79 Å². The van der Waals surface area contributed by atoms with Crippen LogP contribution >= 0.6 is 0 Å². The predicted octanol–water partition coefficient (Wildman–Crippen LogP) is 0.522. The molecule has 4 heteroatoms. The van der Waals surface area contributed by atoms with Crippen molar-refractivity contribution in [3.8, 4) is 0 Å². The zero-order valence-electron chi connectivity index (χ0n) is 9.21. The van der Waals surface area contributed by atoms with Gasteiger partial charge in [-0.25, -0.2) is 0 Å². The van der Waals surface area contributed by atoms with E-state index >= 15 is 0 Å². The highest BCUT2D eigenvalue weighted by Crippen LogP contribution is 1.95. The molecule has 0 spiro atoms. The smallest absolute Gasteiger partial charge is 0.317 e. The molecule has 0 aromatic rings. The lowest BCUT2D eigenvalue weighted by molar-refractivity contribution is -0.870. The van der Waals surface area contributed by atoms with E-state index in [9.17, 15) is 4.79 Å². The molecule has 4 nitrogen and oxygen atoms in total. The Morgan fingerprint density at radius 3 is 1.85 bits per heavy atom. The molecule has 0 aromatic carbocycles. The highest BCUT2D eigenvalue weighted by molar-refractivity contribution is 5.68. The lowest BCUT2D eigenvalue weighted by atomic mass is 10.3. The Bertz CT molecular complexity index is 130. The molecule has 0 saturated heterocycles. The molecule has 3 N–H and O–H groups in total. The molecule has 13 heavy (non-hydrogen) atoms. The quantitative estimate of drug-likeness (QED) is 0.637. The van der Waals surface area contributed by atoms with Crippen LogP contribution in [0.5, 0.6) is 0 Å². The molecule has 0 aliphatic heterocycles. The molecule has 0 aromatic heterocycles. The van der Waals surface area contributed by atoms with Crippen LogP contribution in [0.25, 0.3) is 0 Å². The van der Waals surface area contributed by atoms with Crippen molar-refractivity contribution in [3.63, 3.8) is 0 Å². The van der Waals surface area contributed by atoms with Crippen molar-refractivity contribution in [1.82, 2.24) is 0 Å². The van der Waals surface area contributed by atoms with Gasteiger partial charge in [-0.05, 0) is 6.42 Å². The van der Waals surface area contributed by atoms with Crippen LogP contribution in [-0.2, 0) is 4.79 Å². The summed E-state index contributed by atoms with van der Waals surface area (Å²) in [4.78, 5) is 9.24. The molecular formula is C9H23N2O2+. The maximum Gasteiger partial charge on any atom is 0.317 e. The lowest BCUT2D eigenvalue weighted by Gasteiger charge is -2.23. The number of carbonyl (C=O) groups is 1. The molecule has 0 aliphatic carbocycles. The third kappa shape index (κ3) is 24.6. The summed E-state index contributed by atoms with van der Waals surface area (Å²) in [5.74, 6) is -0.968. The lowest BCUT2D eigenvalue weighted by Crippen LogP contribution is -2.35. The summed E-state index contributed by atoms with van der Waals surface area (Å²) < 4.78 is 1.10. The molecule has 0 unspecified atom stereocenters. The number of carboxylic acid groups (broad SMARTS) is 1. The first-order chi connectivity index (χ1) is 5.83. The highest BCUT2D eigenvalue weighted by Gasteiger charge is 2.02. The zero-order chi connectivity index (χ0) is 10.9. The minimum atomic E-state index is -0.968. The summed E-state index contributed by atoms with van der Waals surface area (Å²) >= 11 is 0. The maximum atomic E-state index is 9.24. The fourth-order valence-electron chi connectivity index (χ4n) is 0.632. The monoisotopic (exact) mass is 191 g/mol. The van der Waals surface area contributed by atoms with Crippen molar-refractivity contribution >= 4 is 5.97 Å². The van der Waals surface area contributed by atoms with Gasteiger partial charge in [0.2, 0.25) is 0 Å². The minimum absolute atomic E-state index is 0.278. The molecule has 0 atom stereocenters. The minimum Gasteiger partial charge on any atom is -0.480 e. The highest BCUT2D eigenvalue weighted by atomic mass is 16.4. The van der Waals surface area contributed by atoms with Crippen molar-refractivity contribution in [2.24, 2.45) is 5.73 Å². The summed E-state index contributed by atoms with van der Waals surface area (Å²) in [5, 5.41) is 7.60. The summed E-state index contributed by atoms with van der Waals surface area (Å²) in [5.41, 5.74) is 4.57. The van der Waals surface area contributed by atoms with Crippen LogP contribution in [0.2, 0.25) is 0 Å². The molecule has 0 fully saturated rings. The first kappa shape index (κ1) is 14.9. The molecule has 0 radical (unpaired) electrons. The van der Waals surface area contributed by atoms with Crippen LogP contribution in [-0.4, -0.2) is 49.8 Å². The fourth-order valence-corrected chi connectivity index (χ4v) is 0.632. The van der Waals surface area contributed by atoms with Crippen LogP contribution in [0.3, 0.4) is 0 Å². The van der Waals surface area contributed by atoms with Crippen LogP contribution < -0.4 is 5.73 Å². The van der Waals surface area contributed by atoms with E-state index < -0.39 is 5.97 Å². The van der Waals surface area contributed by atoms with Gasteiger partial charge in [-0.15, -0.1) is 0 Å². The van der Waals surface area contributed by atoms with Gasteiger partial charge >= 0.3 is 5.97 Å². The summed E-state index contributed by atoms with van der Waals surface area (Å²) in [6.07, 6.45) is 2.67. The van der Waals surface area contributed by atoms with E-state index in [0.717, 1.165) is 4.48 Å². The van der Waals surface area contributed by atoms with E-state index in [1.807, 2.05) is 0 Å². The molecule has 0 rings (SSSR count). The number of quaternary nitrogens is 1. The van der Waals surface area contributed by atoms with E-state index in [2.05, 4.69) is 33.8 Å². The summed E-state index contributed by atoms with van der Waals surface area (Å²) in [6.45, 7) is 3.26. The Morgan fingerprint density at radius 1 is 1.38 bits per heavy atom.